The number of halogens is 1. The van der Waals surface area contributed by atoms with E-state index in [0.29, 0.717) is 0 Å². The average Bonchev–Trinajstić information content (AvgIpc) is 2.09. The van der Waals surface area contributed by atoms with Crippen LogP contribution in [-0.4, -0.2) is 11.0 Å². The predicted molar refractivity (Wildman–Crippen MR) is 61.8 cm³/mol. The maximum Gasteiger partial charge on any atom is 0.0205 e. The Labute approximate surface area is 87.7 Å². The molecule has 0 spiro atoms. The lowest BCUT2D eigenvalue weighted by Gasteiger charge is -2.02. The summed E-state index contributed by atoms with van der Waals surface area (Å²) >= 11 is 2.37. The number of hydrogen-bond acceptors (Lipinski definition) is 1. The summed E-state index contributed by atoms with van der Waals surface area (Å²) in [6, 6.07) is 8.66. The first-order valence-corrected chi connectivity index (χ1v) is 5.67. The molecule has 0 saturated carbocycles. The van der Waals surface area contributed by atoms with Crippen LogP contribution in [0.25, 0.3) is 0 Å². The summed E-state index contributed by atoms with van der Waals surface area (Å²) in [6.45, 7) is 4.19. The molecule has 0 heterocycles. The van der Waals surface area contributed by atoms with Gasteiger partial charge in [0.2, 0.25) is 0 Å². The van der Waals surface area contributed by atoms with Crippen LogP contribution in [0, 0.1) is 6.92 Å². The molecule has 0 amide bonds. The molecule has 0 aliphatic carbocycles. The minimum atomic E-state index is 0.989. The molecule has 0 unspecified atom stereocenters. The van der Waals surface area contributed by atoms with Gasteiger partial charge in [-0.2, -0.15) is 0 Å². The molecule has 66 valence electrons. The van der Waals surface area contributed by atoms with Crippen molar-refractivity contribution in [2.75, 3.05) is 11.0 Å². The Bertz CT molecular complexity index is 218. The van der Waals surface area contributed by atoms with Crippen molar-refractivity contribution in [2.24, 2.45) is 0 Å². The zero-order valence-corrected chi connectivity index (χ0v) is 9.47. The molecular formula is C10H14IN. The van der Waals surface area contributed by atoms with Gasteiger partial charge in [-0.25, -0.2) is 0 Å². The molecule has 1 N–H and O–H groups in total. The van der Waals surface area contributed by atoms with Gasteiger partial charge in [0.25, 0.3) is 0 Å². The minimum Gasteiger partial charge on any atom is -0.312 e. The lowest BCUT2D eigenvalue weighted by atomic mass is 10.1. The summed E-state index contributed by atoms with van der Waals surface area (Å²) in [5.41, 5.74) is 2.69. The van der Waals surface area contributed by atoms with Gasteiger partial charge in [0.05, 0.1) is 0 Å². The second-order valence-electron chi connectivity index (χ2n) is 2.85. The van der Waals surface area contributed by atoms with E-state index in [0.717, 1.165) is 13.1 Å². The first-order valence-electron chi connectivity index (χ1n) is 4.15. The first kappa shape index (κ1) is 9.99. The van der Waals surface area contributed by atoms with E-state index in [2.05, 4.69) is 59.1 Å². The van der Waals surface area contributed by atoms with Crippen LogP contribution in [0.3, 0.4) is 0 Å². The molecule has 0 saturated heterocycles. The Kier molecular flexibility index (Phi) is 4.61. The van der Waals surface area contributed by atoms with E-state index in [1.807, 2.05) is 0 Å². The monoisotopic (exact) mass is 275 g/mol. The van der Waals surface area contributed by atoms with Gasteiger partial charge in [-0.15, -0.1) is 0 Å². The molecule has 0 atom stereocenters. The highest BCUT2D eigenvalue weighted by molar-refractivity contribution is 14.1. The quantitative estimate of drug-likeness (QED) is 0.506. The number of hydrogen-bond donors (Lipinski definition) is 1. The summed E-state index contributed by atoms with van der Waals surface area (Å²) in [5, 5.41) is 3.36. The SMILES string of the molecule is Cc1ccc(CNCCI)cc1. The maximum atomic E-state index is 3.36. The molecule has 1 aromatic carbocycles. The van der Waals surface area contributed by atoms with Crippen molar-refractivity contribution in [3.05, 3.63) is 35.4 Å². The smallest absolute Gasteiger partial charge is 0.0205 e. The van der Waals surface area contributed by atoms with E-state index in [-0.39, 0.29) is 0 Å². The van der Waals surface area contributed by atoms with Crippen molar-refractivity contribution in [3.8, 4) is 0 Å². The minimum absolute atomic E-state index is 0.989. The van der Waals surface area contributed by atoms with E-state index >= 15 is 0 Å². The van der Waals surface area contributed by atoms with Gasteiger partial charge in [0.1, 0.15) is 0 Å². The van der Waals surface area contributed by atoms with Crippen molar-refractivity contribution in [2.45, 2.75) is 13.5 Å². The van der Waals surface area contributed by atoms with Gasteiger partial charge >= 0.3 is 0 Å². The fourth-order valence-corrected chi connectivity index (χ4v) is 1.39. The standard InChI is InChI=1S/C10H14IN/c1-9-2-4-10(5-3-9)8-12-7-6-11/h2-5,12H,6-8H2,1H3. The Morgan fingerprint density at radius 1 is 1.25 bits per heavy atom. The molecule has 1 aromatic rings. The summed E-state index contributed by atoms with van der Waals surface area (Å²) in [7, 11) is 0. The van der Waals surface area contributed by atoms with Crippen LogP contribution < -0.4 is 5.32 Å². The number of aryl methyl sites for hydroxylation is 1. The van der Waals surface area contributed by atoms with E-state index < -0.39 is 0 Å². The van der Waals surface area contributed by atoms with E-state index in [9.17, 15) is 0 Å². The molecule has 0 aromatic heterocycles. The molecule has 0 aliphatic rings. The summed E-state index contributed by atoms with van der Waals surface area (Å²) in [5.74, 6) is 0. The van der Waals surface area contributed by atoms with Crippen LogP contribution >= 0.6 is 22.6 Å². The molecule has 0 aliphatic heterocycles. The zero-order valence-electron chi connectivity index (χ0n) is 7.31. The van der Waals surface area contributed by atoms with E-state index in [1.165, 1.54) is 15.6 Å². The third-order valence-corrected chi connectivity index (χ3v) is 2.26. The van der Waals surface area contributed by atoms with Crippen molar-refractivity contribution < 1.29 is 0 Å². The molecule has 1 rings (SSSR count). The van der Waals surface area contributed by atoms with Gasteiger partial charge in [0.15, 0.2) is 0 Å². The third kappa shape index (κ3) is 3.54. The van der Waals surface area contributed by atoms with Crippen LogP contribution in [-0.2, 0) is 6.54 Å². The molecule has 12 heavy (non-hydrogen) atoms. The highest BCUT2D eigenvalue weighted by Gasteiger charge is 1.90. The van der Waals surface area contributed by atoms with Crippen LogP contribution in [0.5, 0.6) is 0 Å². The highest BCUT2D eigenvalue weighted by atomic mass is 127. The highest BCUT2D eigenvalue weighted by Crippen LogP contribution is 2.02. The third-order valence-electron chi connectivity index (χ3n) is 1.72. The molecule has 0 radical (unpaired) electrons. The van der Waals surface area contributed by atoms with Crippen LogP contribution in [0.2, 0.25) is 0 Å². The van der Waals surface area contributed by atoms with Crippen molar-refractivity contribution in [1.29, 1.82) is 0 Å². The number of nitrogens with one attached hydrogen (secondary N) is 1. The zero-order chi connectivity index (χ0) is 8.81. The lowest BCUT2D eigenvalue weighted by Crippen LogP contribution is -2.15. The van der Waals surface area contributed by atoms with Crippen molar-refractivity contribution in [1.82, 2.24) is 5.32 Å². The average molecular weight is 275 g/mol. The Balaban J connectivity index is 2.37. The molecule has 1 nitrogen and oxygen atoms in total. The Hall–Kier alpha value is -0.0900. The van der Waals surface area contributed by atoms with Gasteiger partial charge in [0, 0.05) is 17.5 Å². The first-order chi connectivity index (χ1) is 5.83. The number of benzene rings is 1. The molecule has 0 fully saturated rings. The van der Waals surface area contributed by atoms with Crippen LogP contribution in [0.15, 0.2) is 24.3 Å². The summed E-state index contributed by atoms with van der Waals surface area (Å²) < 4.78 is 1.17. The van der Waals surface area contributed by atoms with Crippen LogP contribution in [0.4, 0.5) is 0 Å². The maximum absolute atomic E-state index is 3.36. The molecule has 0 bridgehead atoms. The Morgan fingerprint density at radius 2 is 1.92 bits per heavy atom. The summed E-state index contributed by atoms with van der Waals surface area (Å²) in [6.07, 6.45) is 0. The topological polar surface area (TPSA) is 12.0 Å². The predicted octanol–water partition coefficient (Wildman–Crippen LogP) is 2.52. The Morgan fingerprint density at radius 3 is 2.50 bits per heavy atom. The second kappa shape index (κ2) is 5.54. The number of alkyl halides is 1. The fourth-order valence-electron chi connectivity index (χ4n) is 1.01. The second-order valence-corrected chi connectivity index (χ2v) is 3.93. The summed E-state index contributed by atoms with van der Waals surface area (Å²) in [4.78, 5) is 0. The van der Waals surface area contributed by atoms with E-state index in [4.69, 9.17) is 0 Å². The molecule has 2 heteroatoms. The number of rotatable bonds is 4. The van der Waals surface area contributed by atoms with Gasteiger partial charge in [-0.1, -0.05) is 52.4 Å². The van der Waals surface area contributed by atoms with Crippen molar-refractivity contribution >= 4 is 22.6 Å². The van der Waals surface area contributed by atoms with E-state index in [1.54, 1.807) is 0 Å². The normalized spacial score (nSPS) is 10.2. The van der Waals surface area contributed by atoms with Gasteiger partial charge in [-0.05, 0) is 12.5 Å². The molecular weight excluding hydrogens is 261 g/mol. The van der Waals surface area contributed by atoms with Gasteiger partial charge < -0.3 is 5.32 Å². The fraction of sp³-hybridized carbons (Fsp3) is 0.400. The lowest BCUT2D eigenvalue weighted by molar-refractivity contribution is 0.736. The van der Waals surface area contributed by atoms with Crippen molar-refractivity contribution in [3.63, 3.8) is 0 Å². The van der Waals surface area contributed by atoms with Gasteiger partial charge in [-0.3, -0.25) is 0 Å². The largest absolute Gasteiger partial charge is 0.312 e. The van der Waals surface area contributed by atoms with Crippen LogP contribution in [0.1, 0.15) is 11.1 Å².